The molecule has 1 aromatic carbocycles. The molecule has 2 amide bonds. The third-order valence-electron chi connectivity index (χ3n) is 9.52. The number of hydrogen-bond acceptors (Lipinski definition) is 4. The van der Waals surface area contributed by atoms with Crippen LogP contribution in [0.25, 0.3) is 0 Å². The highest BCUT2D eigenvalue weighted by Gasteiger charge is 2.51. The number of rotatable bonds is 6. The molecule has 2 saturated heterocycles. The summed E-state index contributed by atoms with van der Waals surface area (Å²) in [7, 11) is 0. The number of alkyl halides is 2. The summed E-state index contributed by atoms with van der Waals surface area (Å²) in [4.78, 5) is 32.6. The van der Waals surface area contributed by atoms with E-state index in [0.717, 1.165) is 36.2 Å². The second-order valence-corrected chi connectivity index (χ2v) is 12.3. The number of likely N-dealkylation sites (tertiary alicyclic amines) is 2. The number of amides is 2. The number of hydrogen-bond donors (Lipinski definition) is 0. The largest absolute Gasteiger partial charge is 0.618 e. The standard InChI is InChI=1S/C31H39F3N4O3/c1-21-7-14-38(41)22(2)27(21)29(40)35-15-10-30(3,11-16-35)36-12-8-26(9-13-36)37(20-23-5-4-6-25(32)17-23)28(39)24-18-31(33,34)19-24/h4-7,14,17,24,26H,8-13,15-16,18-20H2,1-3H3. The molecule has 3 aliphatic rings. The van der Waals surface area contributed by atoms with Gasteiger partial charge in [-0.15, -0.1) is 0 Å². The Morgan fingerprint density at radius 2 is 1.73 bits per heavy atom. The molecule has 41 heavy (non-hydrogen) atoms. The molecule has 1 aromatic heterocycles. The van der Waals surface area contributed by atoms with Crippen molar-refractivity contribution in [1.82, 2.24) is 14.7 Å². The first-order valence-electron chi connectivity index (χ1n) is 14.5. The van der Waals surface area contributed by atoms with Crippen LogP contribution in [0.1, 0.15) is 72.6 Å². The number of nitrogens with zero attached hydrogens (tertiary/aromatic N) is 4. The highest BCUT2D eigenvalue weighted by Crippen LogP contribution is 2.44. The van der Waals surface area contributed by atoms with E-state index >= 15 is 0 Å². The lowest BCUT2D eigenvalue weighted by molar-refractivity contribution is -0.612. The molecule has 1 aliphatic carbocycles. The summed E-state index contributed by atoms with van der Waals surface area (Å²) in [5, 5.41) is 12.1. The number of carbonyl (C=O) groups is 2. The normalized spacial score (nSPS) is 21.4. The van der Waals surface area contributed by atoms with Crippen molar-refractivity contribution in [3.63, 3.8) is 0 Å². The van der Waals surface area contributed by atoms with Crippen LogP contribution < -0.4 is 4.73 Å². The molecule has 10 heteroatoms. The summed E-state index contributed by atoms with van der Waals surface area (Å²) in [5.74, 6) is -4.24. The first kappa shape index (κ1) is 29.4. The predicted octanol–water partition coefficient (Wildman–Crippen LogP) is 4.61. The van der Waals surface area contributed by atoms with Crippen LogP contribution in [0, 0.1) is 30.8 Å². The van der Waals surface area contributed by atoms with Crippen LogP contribution in [0.3, 0.4) is 0 Å². The maximum atomic E-state index is 13.9. The summed E-state index contributed by atoms with van der Waals surface area (Å²) < 4.78 is 41.8. The zero-order chi connectivity index (χ0) is 29.5. The van der Waals surface area contributed by atoms with Gasteiger partial charge in [-0.05, 0) is 62.8 Å². The Morgan fingerprint density at radius 1 is 1.07 bits per heavy atom. The topological polar surface area (TPSA) is 70.8 Å². The van der Waals surface area contributed by atoms with Crippen molar-refractivity contribution < 1.29 is 27.5 Å². The smallest absolute Gasteiger partial charge is 0.260 e. The molecule has 2 aliphatic heterocycles. The number of piperidine rings is 2. The minimum Gasteiger partial charge on any atom is -0.618 e. The quantitative estimate of drug-likeness (QED) is 0.375. The number of pyridine rings is 1. The molecule has 0 radical (unpaired) electrons. The van der Waals surface area contributed by atoms with Gasteiger partial charge in [0, 0.05) is 76.1 Å². The zero-order valence-electron chi connectivity index (χ0n) is 24.0. The van der Waals surface area contributed by atoms with Crippen LogP contribution in [0.5, 0.6) is 0 Å². The first-order chi connectivity index (χ1) is 19.4. The molecule has 7 nitrogen and oxygen atoms in total. The van der Waals surface area contributed by atoms with Gasteiger partial charge >= 0.3 is 0 Å². The molecule has 0 spiro atoms. The molecule has 3 fully saturated rings. The second-order valence-electron chi connectivity index (χ2n) is 12.3. The second kappa shape index (κ2) is 11.3. The van der Waals surface area contributed by atoms with Gasteiger partial charge in [-0.1, -0.05) is 12.1 Å². The molecular formula is C31H39F3N4O3. The highest BCUT2D eigenvalue weighted by molar-refractivity contribution is 5.96. The molecule has 0 atom stereocenters. The van der Waals surface area contributed by atoms with Crippen LogP contribution in [0.15, 0.2) is 36.5 Å². The Labute approximate surface area is 239 Å². The maximum absolute atomic E-state index is 13.9. The van der Waals surface area contributed by atoms with E-state index in [1.165, 1.54) is 18.3 Å². The fraction of sp³-hybridized carbons (Fsp3) is 0.581. The zero-order valence-corrected chi connectivity index (χ0v) is 24.0. The van der Waals surface area contributed by atoms with Crippen molar-refractivity contribution in [3.8, 4) is 0 Å². The van der Waals surface area contributed by atoms with Crippen LogP contribution in [-0.2, 0) is 11.3 Å². The molecule has 0 N–H and O–H groups in total. The summed E-state index contributed by atoms with van der Waals surface area (Å²) in [6.07, 6.45) is 3.56. The fourth-order valence-electron chi connectivity index (χ4n) is 6.77. The number of benzene rings is 1. The highest BCUT2D eigenvalue weighted by atomic mass is 19.3. The van der Waals surface area contributed by atoms with Gasteiger partial charge in [0.1, 0.15) is 11.4 Å². The van der Waals surface area contributed by atoms with E-state index in [2.05, 4.69) is 11.8 Å². The maximum Gasteiger partial charge on any atom is 0.260 e. The summed E-state index contributed by atoms with van der Waals surface area (Å²) in [5.41, 5.74) is 2.21. The molecule has 1 saturated carbocycles. The average molecular weight is 573 g/mol. The molecular weight excluding hydrogens is 533 g/mol. The molecule has 3 heterocycles. The van der Waals surface area contributed by atoms with Gasteiger partial charge in [-0.3, -0.25) is 14.5 Å². The van der Waals surface area contributed by atoms with E-state index in [1.807, 2.05) is 11.8 Å². The van der Waals surface area contributed by atoms with Gasteiger partial charge < -0.3 is 15.0 Å². The Kier molecular flexibility index (Phi) is 8.07. The van der Waals surface area contributed by atoms with Gasteiger partial charge in [-0.25, -0.2) is 13.2 Å². The summed E-state index contributed by atoms with van der Waals surface area (Å²) >= 11 is 0. The molecule has 5 rings (SSSR count). The number of aromatic nitrogens is 1. The fourth-order valence-corrected chi connectivity index (χ4v) is 6.77. The van der Waals surface area contributed by atoms with Crippen molar-refractivity contribution in [2.45, 2.75) is 83.3 Å². The van der Waals surface area contributed by atoms with Crippen molar-refractivity contribution in [3.05, 3.63) is 69.9 Å². The average Bonchev–Trinajstić information content (AvgIpc) is 2.93. The van der Waals surface area contributed by atoms with E-state index in [-0.39, 0.29) is 35.8 Å². The van der Waals surface area contributed by atoms with Crippen LogP contribution in [-0.4, -0.2) is 70.2 Å². The van der Waals surface area contributed by atoms with E-state index in [4.69, 9.17) is 0 Å². The van der Waals surface area contributed by atoms with Crippen molar-refractivity contribution >= 4 is 11.8 Å². The van der Waals surface area contributed by atoms with E-state index in [9.17, 15) is 28.0 Å². The lowest BCUT2D eigenvalue weighted by atomic mass is 9.79. The number of aryl methyl sites for hydroxylation is 1. The van der Waals surface area contributed by atoms with Crippen LogP contribution >= 0.6 is 0 Å². The SMILES string of the molecule is Cc1cc[n+]([O-])c(C)c1C(=O)N1CCC(C)(N2CCC(N(Cc3cccc(F)c3)C(=O)C3CC(F)(F)C3)CC2)CC1. The van der Waals surface area contributed by atoms with E-state index in [0.29, 0.717) is 42.8 Å². The minimum atomic E-state index is -2.78. The van der Waals surface area contributed by atoms with Crippen LogP contribution in [0.4, 0.5) is 13.2 Å². The Balaban J connectivity index is 1.22. The predicted molar refractivity (Wildman–Crippen MR) is 148 cm³/mol. The summed E-state index contributed by atoms with van der Waals surface area (Å²) in [6.45, 7) is 8.60. The van der Waals surface area contributed by atoms with Gasteiger partial charge in [0.2, 0.25) is 17.5 Å². The Bertz CT molecular complexity index is 1300. The Hall–Kier alpha value is -3.14. The van der Waals surface area contributed by atoms with Gasteiger partial charge in [-0.2, -0.15) is 4.73 Å². The van der Waals surface area contributed by atoms with Crippen LogP contribution in [0.2, 0.25) is 0 Å². The van der Waals surface area contributed by atoms with E-state index < -0.39 is 24.7 Å². The van der Waals surface area contributed by atoms with Crippen molar-refractivity contribution in [1.29, 1.82) is 0 Å². The van der Waals surface area contributed by atoms with E-state index in [1.54, 1.807) is 30.0 Å². The molecule has 0 unspecified atom stereocenters. The first-order valence-corrected chi connectivity index (χ1v) is 14.5. The van der Waals surface area contributed by atoms with Crippen molar-refractivity contribution in [2.24, 2.45) is 5.92 Å². The monoisotopic (exact) mass is 572 g/mol. The third kappa shape index (κ3) is 6.08. The minimum absolute atomic E-state index is 0.107. The van der Waals surface area contributed by atoms with Crippen molar-refractivity contribution in [2.75, 3.05) is 26.2 Å². The molecule has 222 valence electrons. The number of carbonyl (C=O) groups excluding carboxylic acids is 2. The molecule has 0 bridgehead atoms. The lowest BCUT2D eigenvalue weighted by Gasteiger charge is -2.50. The lowest BCUT2D eigenvalue weighted by Crippen LogP contribution is -2.59. The summed E-state index contributed by atoms with van der Waals surface area (Å²) in [6, 6.07) is 7.68. The third-order valence-corrected chi connectivity index (χ3v) is 9.52. The molecule has 2 aromatic rings. The number of halogens is 3. The van der Waals surface area contributed by atoms with Gasteiger partial charge in [0.15, 0.2) is 6.20 Å². The Morgan fingerprint density at radius 3 is 2.34 bits per heavy atom. The van der Waals surface area contributed by atoms with Gasteiger partial charge in [0.05, 0.1) is 0 Å². The van der Waals surface area contributed by atoms with Gasteiger partial charge in [0.25, 0.3) is 5.91 Å².